The summed E-state index contributed by atoms with van der Waals surface area (Å²) in [7, 11) is 3.63. The predicted molar refractivity (Wildman–Crippen MR) is 97.8 cm³/mol. The number of amides is 2. The van der Waals surface area contributed by atoms with Gasteiger partial charge in [0, 0.05) is 49.8 Å². The quantitative estimate of drug-likeness (QED) is 0.890. The fourth-order valence-electron chi connectivity index (χ4n) is 2.98. The van der Waals surface area contributed by atoms with Gasteiger partial charge in [0.2, 0.25) is 0 Å². The monoisotopic (exact) mass is 356 g/mol. The number of nitrogens with zero attached hydrogens (tertiary/aromatic N) is 3. The molecular weight excluding hydrogens is 332 g/mol. The molecule has 0 radical (unpaired) electrons. The van der Waals surface area contributed by atoms with Gasteiger partial charge in [-0.05, 0) is 38.0 Å². The minimum atomic E-state index is -0.398. The zero-order chi connectivity index (χ0) is 18.7. The molecule has 1 aliphatic rings. The van der Waals surface area contributed by atoms with E-state index in [0.29, 0.717) is 24.4 Å². The molecule has 138 valence electrons. The predicted octanol–water partition coefficient (Wildman–Crippen LogP) is 2.12. The average molecular weight is 356 g/mol. The molecule has 26 heavy (non-hydrogen) atoms. The van der Waals surface area contributed by atoms with Gasteiger partial charge in [0.05, 0.1) is 6.20 Å². The zero-order valence-corrected chi connectivity index (χ0v) is 15.4. The second kappa shape index (κ2) is 7.70. The van der Waals surface area contributed by atoms with Crippen LogP contribution in [0.15, 0.2) is 30.5 Å². The highest BCUT2D eigenvalue weighted by atomic mass is 16.5. The largest absolute Gasteiger partial charge is 0.368 e. The maximum absolute atomic E-state index is 12.7. The number of carbonyl (C=O) groups excluding carboxylic acids is 2. The molecule has 3 rings (SSSR count). The molecule has 1 aliphatic heterocycles. The van der Waals surface area contributed by atoms with Crippen LogP contribution in [0, 0.1) is 6.92 Å². The topological polar surface area (TPSA) is 76.5 Å². The molecule has 1 saturated heterocycles. The Hall–Kier alpha value is -2.67. The van der Waals surface area contributed by atoms with Gasteiger partial charge in [0.15, 0.2) is 0 Å². The maximum Gasteiger partial charge on any atom is 0.253 e. The van der Waals surface area contributed by atoms with E-state index in [1.165, 1.54) is 0 Å². The Morgan fingerprint density at radius 2 is 2.23 bits per heavy atom. The van der Waals surface area contributed by atoms with Crippen LogP contribution in [0.25, 0.3) is 0 Å². The molecule has 7 nitrogen and oxygen atoms in total. The Bertz CT molecular complexity index is 809. The van der Waals surface area contributed by atoms with Gasteiger partial charge in [-0.15, -0.1) is 0 Å². The molecule has 0 bridgehead atoms. The molecule has 1 fully saturated rings. The van der Waals surface area contributed by atoms with Crippen LogP contribution in [-0.2, 0) is 23.1 Å². The van der Waals surface area contributed by atoms with Crippen molar-refractivity contribution in [1.29, 1.82) is 0 Å². The van der Waals surface area contributed by atoms with Crippen molar-refractivity contribution in [3.63, 3.8) is 0 Å². The van der Waals surface area contributed by atoms with Crippen LogP contribution in [-0.4, -0.2) is 46.3 Å². The molecule has 2 heterocycles. The third-order valence-electron chi connectivity index (χ3n) is 4.69. The highest BCUT2D eigenvalue weighted by Crippen LogP contribution is 2.18. The van der Waals surface area contributed by atoms with Gasteiger partial charge in [-0.1, -0.05) is 6.07 Å². The lowest BCUT2D eigenvalue weighted by atomic mass is 10.1. The van der Waals surface area contributed by atoms with Crippen molar-refractivity contribution in [2.24, 2.45) is 7.05 Å². The number of aromatic nitrogens is 2. The van der Waals surface area contributed by atoms with E-state index in [0.717, 1.165) is 24.1 Å². The first-order valence-corrected chi connectivity index (χ1v) is 8.71. The van der Waals surface area contributed by atoms with Crippen LogP contribution < -0.4 is 5.32 Å². The smallest absolute Gasteiger partial charge is 0.253 e. The first kappa shape index (κ1) is 18.1. The second-order valence-corrected chi connectivity index (χ2v) is 6.61. The normalized spacial score (nSPS) is 16.5. The van der Waals surface area contributed by atoms with Crippen molar-refractivity contribution in [3.8, 4) is 0 Å². The van der Waals surface area contributed by atoms with E-state index in [1.807, 2.05) is 14.0 Å². The van der Waals surface area contributed by atoms with Crippen LogP contribution in [0.2, 0.25) is 0 Å². The molecule has 1 aromatic heterocycles. The zero-order valence-electron chi connectivity index (χ0n) is 15.4. The third-order valence-corrected chi connectivity index (χ3v) is 4.69. The van der Waals surface area contributed by atoms with Gasteiger partial charge in [0.1, 0.15) is 6.10 Å². The summed E-state index contributed by atoms with van der Waals surface area (Å²) >= 11 is 0. The standard InChI is InChI=1S/C19H24N4O3/c1-13-15(11-20-23(13)3)12-22(2)19(25)14-6-4-7-16(10-14)21-18(24)17-8-5-9-26-17/h4,6-7,10-11,17H,5,8-9,12H2,1-3H3,(H,21,24)/t17-/m0/s1. The summed E-state index contributed by atoms with van der Waals surface area (Å²) in [6.07, 6.45) is 3.01. The molecule has 0 saturated carbocycles. The van der Waals surface area contributed by atoms with E-state index in [1.54, 1.807) is 47.1 Å². The van der Waals surface area contributed by atoms with Gasteiger partial charge in [-0.3, -0.25) is 14.3 Å². The van der Waals surface area contributed by atoms with Crippen LogP contribution in [0.1, 0.15) is 34.5 Å². The minimum Gasteiger partial charge on any atom is -0.368 e. The van der Waals surface area contributed by atoms with E-state index in [-0.39, 0.29) is 11.8 Å². The summed E-state index contributed by atoms with van der Waals surface area (Å²) < 4.78 is 7.17. The molecule has 1 atom stereocenters. The van der Waals surface area contributed by atoms with Crippen molar-refractivity contribution in [3.05, 3.63) is 47.3 Å². The lowest BCUT2D eigenvalue weighted by Gasteiger charge is -2.18. The molecule has 0 spiro atoms. The van der Waals surface area contributed by atoms with Gasteiger partial charge >= 0.3 is 0 Å². The molecule has 0 aliphatic carbocycles. The Morgan fingerprint density at radius 3 is 2.88 bits per heavy atom. The SMILES string of the molecule is Cc1c(CN(C)C(=O)c2cccc(NC(=O)[C@@H]3CCCO3)c2)cnn1C. The number of benzene rings is 1. The lowest BCUT2D eigenvalue weighted by molar-refractivity contribution is -0.124. The number of ether oxygens (including phenoxy) is 1. The molecule has 0 unspecified atom stereocenters. The van der Waals surface area contributed by atoms with Crippen molar-refractivity contribution in [1.82, 2.24) is 14.7 Å². The van der Waals surface area contributed by atoms with Crippen molar-refractivity contribution >= 4 is 17.5 Å². The number of nitrogens with one attached hydrogen (secondary N) is 1. The number of carbonyl (C=O) groups is 2. The van der Waals surface area contributed by atoms with Crippen LogP contribution in [0.4, 0.5) is 5.69 Å². The number of hydrogen-bond donors (Lipinski definition) is 1. The fraction of sp³-hybridized carbons (Fsp3) is 0.421. The summed E-state index contributed by atoms with van der Waals surface area (Å²) in [5, 5.41) is 7.04. The van der Waals surface area contributed by atoms with Crippen molar-refractivity contribution < 1.29 is 14.3 Å². The molecular formula is C19H24N4O3. The van der Waals surface area contributed by atoms with Gasteiger partial charge < -0.3 is 15.0 Å². The van der Waals surface area contributed by atoms with E-state index in [4.69, 9.17) is 4.74 Å². The number of aryl methyl sites for hydroxylation is 1. The van der Waals surface area contributed by atoms with E-state index in [2.05, 4.69) is 10.4 Å². The van der Waals surface area contributed by atoms with Gasteiger partial charge in [-0.2, -0.15) is 5.10 Å². The second-order valence-electron chi connectivity index (χ2n) is 6.61. The summed E-state index contributed by atoms with van der Waals surface area (Å²) in [6.45, 7) is 3.07. The molecule has 1 N–H and O–H groups in total. The van der Waals surface area contributed by atoms with Crippen LogP contribution in [0.3, 0.4) is 0 Å². The first-order valence-electron chi connectivity index (χ1n) is 8.71. The molecule has 1 aromatic carbocycles. The number of hydrogen-bond acceptors (Lipinski definition) is 4. The molecule has 7 heteroatoms. The Balaban J connectivity index is 1.67. The fourth-order valence-corrected chi connectivity index (χ4v) is 2.98. The lowest BCUT2D eigenvalue weighted by Crippen LogP contribution is -2.28. The van der Waals surface area contributed by atoms with E-state index in [9.17, 15) is 9.59 Å². The van der Waals surface area contributed by atoms with Gasteiger partial charge in [0.25, 0.3) is 11.8 Å². The minimum absolute atomic E-state index is 0.110. The Labute approximate surface area is 152 Å². The van der Waals surface area contributed by atoms with Gasteiger partial charge in [-0.25, -0.2) is 0 Å². The number of anilines is 1. The highest BCUT2D eigenvalue weighted by Gasteiger charge is 2.23. The molecule has 2 aromatic rings. The average Bonchev–Trinajstić information content (AvgIpc) is 3.27. The van der Waals surface area contributed by atoms with Crippen molar-refractivity contribution in [2.75, 3.05) is 19.0 Å². The summed E-state index contributed by atoms with van der Waals surface area (Å²) in [5.41, 5.74) is 3.16. The molecule has 2 amide bonds. The van der Waals surface area contributed by atoms with E-state index < -0.39 is 6.10 Å². The third kappa shape index (κ3) is 3.94. The summed E-state index contributed by atoms with van der Waals surface area (Å²) in [6, 6.07) is 6.98. The summed E-state index contributed by atoms with van der Waals surface area (Å²) in [5.74, 6) is -0.270. The number of rotatable bonds is 5. The first-order chi connectivity index (χ1) is 12.5. The van der Waals surface area contributed by atoms with Crippen LogP contribution >= 0.6 is 0 Å². The maximum atomic E-state index is 12.7. The van der Waals surface area contributed by atoms with Crippen LogP contribution in [0.5, 0.6) is 0 Å². The highest BCUT2D eigenvalue weighted by molar-refractivity contribution is 5.98. The Kier molecular flexibility index (Phi) is 5.37. The summed E-state index contributed by atoms with van der Waals surface area (Å²) in [4.78, 5) is 26.5. The van der Waals surface area contributed by atoms with Crippen molar-refractivity contribution in [2.45, 2.75) is 32.4 Å². The van der Waals surface area contributed by atoms with E-state index >= 15 is 0 Å². The Morgan fingerprint density at radius 1 is 1.42 bits per heavy atom.